The molecule has 6 aliphatic carbocycles. The molecule has 4 N–H and O–H groups in total. The molecule has 326 valence electrons. The van der Waals surface area contributed by atoms with Crippen molar-refractivity contribution in [3.63, 3.8) is 0 Å². The fourth-order valence-corrected chi connectivity index (χ4v) is 15.1. The molecule has 0 unspecified atom stereocenters. The van der Waals surface area contributed by atoms with Crippen LogP contribution in [0.4, 0.5) is 0 Å². The fourth-order valence-electron chi connectivity index (χ4n) is 14.6. The van der Waals surface area contributed by atoms with E-state index >= 15 is 0 Å². The molecule has 11 nitrogen and oxygen atoms in total. The molecule has 2 amide bonds. The average molecular weight is 836 g/mol. The second kappa shape index (κ2) is 14.5. The van der Waals surface area contributed by atoms with Crippen LogP contribution in [0.5, 0.6) is 0 Å². The number of thiazole rings is 1. The molecular weight excluding hydrogens is 767 g/mol. The number of carbonyl (C=O) groups excluding carboxylic acids is 4. The molecule has 1 aromatic rings. The van der Waals surface area contributed by atoms with Crippen molar-refractivity contribution in [3.8, 4) is 0 Å². The number of nitrogens with one attached hydrogen (secondary N) is 2. The summed E-state index contributed by atoms with van der Waals surface area (Å²) < 4.78 is 6.41. The molecule has 7 rings (SSSR count). The predicted octanol–water partition coefficient (Wildman–Crippen LogP) is 7.77. The zero-order valence-electron chi connectivity index (χ0n) is 37.3. The van der Waals surface area contributed by atoms with Crippen LogP contribution in [0.3, 0.4) is 0 Å². The Bertz CT molecular complexity index is 1940. The Labute approximate surface area is 354 Å². The van der Waals surface area contributed by atoms with E-state index in [1.165, 1.54) is 11.3 Å². The van der Waals surface area contributed by atoms with E-state index < -0.39 is 52.1 Å². The van der Waals surface area contributed by atoms with E-state index in [9.17, 15) is 34.2 Å². The van der Waals surface area contributed by atoms with Gasteiger partial charge in [-0.3, -0.25) is 24.0 Å². The number of rotatable bonds is 10. The van der Waals surface area contributed by atoms with Crippen molar-refractivity contribution in [2.75, 3.05) is 6.54 Å². The lowest BCUT2D eigenvalue weighted by Gasteiger charge is -2.72. The van der Waals surface area contributed by atoms with Crippen LogP contribution < -0.4 is 10.6 Å². The van der Waals surface area contributed by atoms with E-state index in [1.54, 1.807) is 25.4 Å². The van der Waals surface area contributed by atoms with Crippen molar-refractivity contribution < 1.29 is 38.9 Å². The monoisotopic (exact) mass is 835 g/mol. The number of carboxylic acids is 1. The zero-order chi connectivity index (χ0) is 43.5. The molecule has 59 heavy (non-hydrogen) atoms. The normalized spacial score (nSPS) is 38.8. The molecule has 0 radical (unpaired) electrons. The van der Waals surface area contributed by atoms with Crippen LogP contribution in [-0.2, 0) is 23.9 Å². The molecule has 0 spiro atoms. The van der Waals surface area contributed by atoms with Crippen molar-refractivity contribution in [2.24, 2.45) is 68.0 Å². The number of nitrogens with zero attached hydrogens (tertiary/aromatic N) is 1. The number of esters is 1. The van der Waals surface area contributed by atoms with Crippen LogP contribution >= 0.6 is 11.3 Å². The van der Waals surface area contributed by atoms with Gasteiger partial charge in [0.25, 0.3) is 5.91 Å². The number of Topliss-reactive ketones (excluding diaryl/α,β-unsaturated/α-hetero) is 1. The number of carbonyl (C=O) groups is 5. The number of aliphatic carboxylic acids is 1. The fraction of sp³-hybridized carbons (Fsp3) is 0.787. The van der Waals surface area contributed by atoms with Gasteiger partial charge in [-0.25, -0.2) is 4.98 Å². The van der Waals surface area contributed by atoms with Gasteiger partial charge in [0, 0.05) is 35.4 Å². The number of allylic oxidation sites excluding steroid dienone is 1. The molecular formula is C47H69N3O8S. The SMILES string of the molecule is CC(C)C1=C2[C@H]3CC[C@@H]4[C@@]5(C)CC[C@H](OC(=O)[C@H]6C[C@@H](C(=O)O)C6(C)C)C(C)(C)[C@@H]5CC[C@@]4(C)[C@]3(C)CC[C@@]2([C@@H](O)CNC(=O)C(C)(C)NC(=O)c2nccs2)CC1=O. The summed E-state index contributed by atoms with van der Waals surface area (Å²) in [5.41, 5.74) is -1.05. The van der Waals surface area contributed by atoms with Crippen LogP contribution in [0.2, 0.25) is 0 Å². The van der Waals surface area contributed by atoms with Crippen molar-refractivity contribution in [3.05, 3.63) is 27.7 Å². The number of carboxylic acid groups (broad SMARTS) is 1. The van der Waals surface area contributed by atoms with E-state index in [4.69, 9.17) is 4.74 Å². The molecule has 6 aliphatic rings. The van der Waals surface area contributed by atoms with Crippen molar-refractivity contribution in [2.45, 2.75) is 158 Å². The smallest absolute Gasteiger partial charge is 0.309 e. The number of ether oxygens (including phenoxy) is 1. The van der Waals surface area contributed by atoms with Crippen LogP contribution in [0.1, 0.15) is 150 Å². The van der Waals surface area contributed by atoms with Gasteiger partial charge in [-0.2, -0.15) is 0 Å². The van der Waals surface area contributed by atoms with Gasteiger partial charge in [-0.15, -0.1) is 11.3 Å². The summed E-state index contributed by atoms with van der Waals surface area (Å²) in [6.07, 6.45) is 8.12. The number of hydrogen-bond acceptors (Lipinski definition) is 9. The van der Waals surface area contributed by atoms with Crippen LogP contribution in [0.15, 0.2) is 22.7 Å². The number of amides is 2. The predicted molar refractivity (Wildman–Crippen MR) is 225 cm³/mol. The molecule has 1 aromatic heterocycles. The molecule has 5 saturated carbocycles. The quantitative estimate of drug-likeness (QED) is 0.172. The van der Waals surface area contributed by atoms with E-state index in [1.807, 2.05) is 13.8 Å². The second-order valence-corrected chi connectivity index (χ2v) is 23.2. The van der Waals surface area contributed by atoms with Gasteiger partial charge in [-0.05, 0) is 123 Å². The maximum absolute atomic E-state index is 14.2. The Morgan fingerprint density at radius 2 is 1.61 bits per heavy atom. The van der Waals surface area contributed by atoms with Gasteiger partial charge in [-0.1, -0.05) is 67.9 Å². The summed E-state index contributed by atoms with van der Waals surface area (Å²) in [6.45, 7) is 23.2. The third-order valence-corrected chi connectivity index (χ3v) is 19.0. The number of hydrogen-bond donors (Lipinski definition) is 4. The minimum Gasteiger partial charge on any atom is -0.481 e. The maximum atomic E-state index is 14.2. The van der Waals surface area contributed by atoms with E-state index in [2.05, 4.69) is 64.1 Å². The number of aromatic nitrogens is 1. The molecule has 0 aliphatic heterocycles. The Hall–Kier alpha value is -3.12. The molecule has 5 fully saturated rings. The molecule has 11 atom stereocenters. The van der Waals surface area contributed by atoms with Crippen LogP contribution in [0, 0.1) is 68.0 Å². The Balaban J connectivity index is 1.11. The largest absolute Gasteiger partial charge is 0.481 e. The van der Waals surface area contributed by atoms with Crippen LogP contribution in [-0.4, -0.2) is 69.0 Å². The lowest BCUT2D eigenvalue weighted by atomic mass is 9.33. The lowest BCUT2D eigenvalue weighted by Crippen LogP contribution is -2.66. The minimum absolute atomic E-state index is 0.00150. The zero-order valence-corrected chi connectivity index (χ0v) is 38.1. The Morgan fingerprint density at radius 3 is 2.22 bits per heavy atom. The van der Waals surface area contributed by atoms with E-state index in [-0.39, 0.29) is 69.3 Å². The van der Waals surface area contributed by atoms with Gasteiger partial charge in [0.15, 0.2) is 10.8 Å². The molecule has 0 bridgehead atoms. The number of aliphatic hydroxyl groups is 1. The highest BCUT2D eigenvalue weighted by Gasteiger charge is 2.71. The third-order valence-electron chi connectivity index (χ3n) is 18.2. The maximum Gasteiger partial charge on any atom is 0.309 e. The molecule has 1 heterocycles. The topological polar surface area (TPSA) is 172 Å². The first-order valence-electron chi connectivity index (χ1n) is 22.2. The number of ketones is 1. The number of aliphatic hydroxyl groups excluding tert-OH is 1. The van der Waals surface area contributed by atoms with Crippen molar-refractivity contribution in [1.82, 2.24) is 15.6 Å². The van der Waals surface area contributed by atoms with Gasteiger partial charge in [0.1, 0.15) is 11.6 Å². The molecule has 0 saturated heterocycles. The van der Waals surface area contributed by atoms with Gasteiger partial charge in [0.05, 0.1) is 17.9 Å². The second-order valence-electron chi connectivity index (χ2n) is 22.3. The first-order valence-corrected chi connectivity index (χ1v) is 23.1. The highest BCUT2D eigenvalue weighted by Crippen LogP contribution is 2.77. The first-order chi connectivity index (χ1) is 27.3. The Kier molecular flexibility index (Phi) is 10.8. The van der Waals surface area contributed by atoms with Gasteiger partial charge < -0.3 is 25.6 Å². The summed E-state index contributed by atoms with van der Waals surface area (Å²) in [5, 5.41) is 29.6. The summed E-state index contributed by atoms with van der Waals surface area (Å²) in [4.78, 5) is 70.0. The summed E-state index contributed by atoms with van der Waals surface area (Å²) in [6, 6.07) is 0. The standard InChI is InChI=1S/C47H69N3O8S/c1-25(2)34-29(51)23-47(32(52)24-49-40(57)43(7,8)50-36(53)37-48-20-21-59-37)19-18-45(10)26(35(34)47)12-13-31-44(9)16-15-33(42(5,6)30(44)14-17-46(31,45)11)58-39(56)28-22-27(38(54)55)41(28,3)4/h20-21,25-28,30-33,52H,12-19,22-24H2,1-11H3,(H,49,57)(H,50,53)(H,54,55)/t26-,27+,28-,30+,31-,32+,33+,44+,45-,46-,47+/m1/s1. The van der Waals surface area contributed by atoms with Gasteiger partial charge in [0.2, 0.25) is 5.91 Å². The van der Waals surface area contributed by atoms with E-state index in [0.29, 0.717) is 24.7 Å². The van der Waals surface area contributed by atoms with Crippen molar-refractivity contribution >= 4 is 40.9 Å². The highest BCUT2D eigenvalue weighted by atomic mass is 32.1. The highest BCUT2D eigenvalue weighted by molar-refractivity contribution is 7.11. The van der Waals surface area contributed by atoms with Crippen molar-refractivity contribution in [1.29, 1.82) is 0 Å². The van der Waals surface area contributed by atoms with Gasteiger partial charge >= 0.3 is 11.9 Å². The van der Waals surface area contributed by atoms with Crippen LogP contribution in [0.25, 0.3) is 0 Å². The number of fused-ring (bicyclic) bond motifs is 7. The molecule has 12 heteroatoms. The minimum atomic E-state index is -1.26. The molecule has 0 aromatic carbocycles. The first kappa shape index (κ1) is 44.0. The Morgan fingerprint density at radius 1 is 0.915 bits per heavy atom. The third kappa shape index (κ3) is 6.48. The summed E-state index contributed by atoms with van der Waals surface area (Å²) in [7, 11) is 0. The summed E-state index contributed by atoms with van der Waals surface area (Å²) in [5.74, 6) is -1.91. The summed E-state index contributed by atoms with van der Waals surface area (Å²) >= 11 is 1.20. The average Bonchev–Trinajstić information content (AvgIpc) is 3.78. The van der Waals surface area contributed by atoms with E-state index in [0.717, 1.165) is 56.1 Å². The lowest BCUT2D eigenvalue weighted by molar-refractivity contribution is -0.238.